The Balaban J connectivity index is 2.05. The zero-order valence-electron chi connectivity index (χ0n) is 9.64. The molecule has 0 aliphatic heterocycles. The number of nitrogens with zero attached hydrogens (tertiary/aromatic N) is 1. The number of carbonyl (C=O) groups excluding carboxylic acids is 1. The lowest BCUT2D eigenvalue weighted by atomic mass is 10.1. The van der Waals surface area contributed by atoms with E-state index in [1.54, 1.807) is 6.92 Å². The van der Waals surface area contributed by atoms with E-state index in [9.17, 15) is 4.79 Å². The van der Waals surface area contributed by atoms with E-state index in [2.05, 4.69) is 4.98 Å². The second-order valence-electron chi connectivity index (χ2n) is 3.87. The van der Waals surface area contributed by atoms with Gasteiger partial charge in [-0.15, -0.1) is 0 Å². The Kier molecular flexibility index (Phi) is 3.23. The van der Waals surface area contributed by atoms with Gasteiger partial charge in [0.05, 0.1) is 5.69 Å². The van der Waals surface area contributed by atoms with Crippen molar-refractivity contribution < 1.29 is 9.21 Å². The van der Waals surface area contributed by atoms with Crippen molar-refractivity contribution >= 4 is 5.91 Å². The quantitative estimate of drug-likeness (QED) is 0.871. The van der Waals surface area contributed by atoms with Gasteiger partial charge in [-0.1, -0.05) is 30.3 Å². The van der Waals surface area contributed by atoms with Gasteiger partial charge in [0, 0.05) is 6.42 Å². The first-order chi connectivity index (χ1) is 8.16. The molecule has 1 aromatic carbocycles. The summed E-state index contributed by atoms with van der Waals surface area (Å²) in [6.45, 7) is 1.72. The fourth-order valence-corrected chi connectivity index (χ4v) is 1.68. The van der Waals surface area contributed by atoms with E-state index in [4.69, 9.17) is 10.2 Å². The standard InChI is InChI=1S/C13H14N2O2/c1-9-12(13(14)16)17-11(15-9)8-7-10-5-3-2-4-6-10/h2-6H,7-8H2,1H3,(H2,14,16). The molecule has 4 nitrogen and oxygen atoms in total. The number of hydrogen-bond donors (Lipinski definition) is 1. The lowest BCUT2D eigenvalue weighted by Crippen LogP contribution is -2.10. The summed E-state index contributed by atoms with van der Waals surface area (Å²) in [6.07, 6.45) is 1.50. The Labute approximate surface area is 99.5 Å². The minimum Gasteiger partial charge on any atom is -0.435 e. The Bertz CT molecular complexity index is 517. The third kappa shape index (κ3) is 2.72. The predicted octanol–water partition coefficient (Wildman–Crippen LogP) is 1.87. The smallest absolute Gasteiger partial charge is 0.286 e. The number of oxazole rings is 1. The first-order valence-electron chi connectivity index (χ1n) is 5.47. The Morgan fingerprint density at radius 2 is 2.00 bits per heavy atom. The molecule has 0 spiro atoms. The SMILES string of the molecule is Cc1nc(CCc2ccccc2)oc1C(N)=O. The first kappa shape index (κ1) is 11.4. The summed E-state index contributed by atoms with van der Waals surface area (Å²) < 4.78 is 5.31. The molecule has 0 radical (unpaired) electrons. The molecule has 1 amide bonds. The summed E-state index contributed by atoms with van der Waals surface area (Å²) in [4.78, 5) is 15.2. The van der Waals surface area contributed by atoms with Crippen LogP contribution in [-0.4, -0.2) is 10.9 Å². The molecule has 2 rings (SSSR count). The highest BCUT2D eigenvalue weighted by molar-refractivity contribution is 5.90. The largest absolute Gasteiger partial charge is 0.435 e. The van der Waals surface area contributed by atoms with Gasteiger partial charge in [0.2, 0.25) is 5.76 Å². The van der Waals surface area contributed by atoms with Gasteiger partial charge in [-0.05, 0) is 18.9 Å². The Hall–Kier alpha value is -2.10. The number of aromatic nitrogens is 1. The highest BCUT2D eigenvalue weighted by atomic mass is 16.4. The molecule has 1 heterocycles. The van der Waals surface area contributed by atoms with E-state index >= 15 is 0 Å². The van der Waals surface area contributed by atoms with Crippen LogP contribution in [0, 0.1) is 6.92 Å². The van der Waals surface area contributed by atoms with Gasteiger partial charge >= 0.3 is 0 Å². The third-order valence-electron chi connectivity index (χ3n) is 2.54. The van der Waals surface area contributed by atoms with Gasteiger partial charge < -0.3 is 10.2 Å². The van der Waals surface area contributed by atoms with E-state index < -0.39 is 5.91 Å². The number of benzene rings is 1. The van der Waals surface area contributed by atoms with Gasteiger partial charge in [0.1, 0.15) is 0 Å². The lowest BCUT2D eigenvalue weighted by molar-refractivity contribution is 0.0971. The van der Waals surface area contributed by atoms with Crippen LogP contribution in [0.4, 0.5) is 0 Å². The molecule has 17 heavy (non-hydrogen) atoms. The number of hydrogen-bond acceptors (Lipinski definition) is 3. The molecule has 0 aliphatic rings. The summed E-state index contributed by atoms with van der Waals surface area (Å²) in [5.41, 5.74) is 6.93. The van der Waals surface area contributed by atoms with E-state index in [1.165, 1.54) is 5.56 Å². The van der Waals surface area contributed by atoms with E-state index in [-0.39, 0.29) is 5.76 Å². The molecule has 1 aromatic heterocycles. The van der Waals surface area contributed by atoms with Crippen molar-refractivity contribution in [2.45, 2.75) is 19.8 Å². The number of amides is 1. The summed E-state index contributed by atoms with van der Waals surface area (Å²) in [7, 11) is 0. The van der Waals surface area contributed by atoms with E-state index in [1.807, 2.05) is 30.3 Å². The van der Waals surface area contributed by atoms with Gasteiger partial charge in [-0.25, -0.2) is 4.98 Å². The molecule has 4 heteroatoms. The van der Waals surface area contributed by atoms with Crippen molar-refractivity contribution in [1.29, 1.82) is 0 Å². The molecule has 0 saturated carbocycles. The van der Waals surface area contributed by atoms with Crippen molar-refractivity contribution in [3.63, 3.8) is 0 Å². The maximum Gasteiger partial charge on any atom is 0.286 e. The van der Waals surface area contributed by atoms with E-state index in [0.29, 0.717) is 18.0 Å². The minimum atomic E-state index is -0.569. The second-order valence-corrected chi connectivity index (χ2v) is 3.87. The molecule has 0 atom stereocenters. The lowest BCUT2D eigenvalue weighted by Gasteiger charge is -1.97. The van der Waals surface area contributed by atoms with Crippen LogP contribution in [0.1, 0.15) is 27.7 Å². The zero-order valence-corrected chi connectivity index (χ0v) is 9.64. The van der Waals surface area contributed by atoms with Crippen LogP contribution < -0.4 is 5.73 Å². The molecule has 0 fully saturated rings. The van der Waals surface area contributed by atoms with Gasteiger partial charge in [0.25, 0.3) is 5.91 Å². The normalized spacial score (nSPS) is 10.4. The number of carbonyl (C=O) groups is 1. The molecule has 2 N–H and O–H groups in total. The van der Waals surface area contributed by atoms with E-state index in [0.717, 1.165) is 6.42 Å². The van der Waals surface area contributed by atoms with Crippen molar-refractivity contribution in [3.8, 4) is 0 Å². The monoisotopic (exact) mass is 230 g/mol. The zero-order chi connectivity index (χ0) is 12.3. The van der Waals surface area contributed by atoms with Crippen LogP contribution >= 0.6 is 0 Å². The number of aryl methyl sites for hydroxylation is 3. The van der Waals surface area contributed by atoms with Crippen LogP contribution in [-0.2, 0) is 12.8 Å². The van der Waals surface area contributed by atoms with Crippen molar-refractivity contribution in [2.24, 2.45) is 5.73 Å². The number of nitrogens with two attached hydrogens (primary N) is 1. The highest BCUT2D eigenvalue weighted by Gasteiger charge is 2.13. The van der Waals surface area contributed by atoms with Crippen LogP contribution in [0.15, 0.2) is 34.7 Å². The molecule has 0 aliphatic carbocycles. The van der Waals surface area contributed by atoms with Crippen molar-refractivity contribution in [1.82, 2.24) is 4.98 Å². The van der Waals surface area contributed by atoms with Crippen LogP contribution in [0.3, 0.4) is 0 Å². The molecule has 0 bridgehead atoms. The average Bonchev–Trinajstić information content (AvgIpc) is 2.69. The average molecular weight is 230 g/mol. The number of rotatable bonds is 4. The first-order valence-corrected chi connectivity index (χ1v) is 5.47. The minimum absolute atomic E-state index is 0.160. The van der Waals surface area contributed by atoms with Gasteiger partial charge in [0.15, 0.2) is 5.89 Å². The topological polar surface area (TPSA) is 69.1 Å². The summed E-state index contributed by atoms with van der Waals surface area (Å²) in [6, 6.07) is 10.1. The van der Waals surface area contributed by atoms with Crippen molar-refractivity contribution in [2.75, 3.05) is 0 Å². The van der Waals surface area contributed by atoms with Gasteiger partial charge in [-0.2, -0.15) is 0 Å². The third-order valence-corrected chi connectivity index (χ3v) is 2.54. The predicted molar refractivity (Wildman–Crippen MR) is 63.6 cm³/mol. The molecular formula is C13H14N2O2. The molecule has 2 aromatic rings. The Morgan fingerprint density at radius 1 is 1.29 bits per heavy atom. The van der Waals surface area contributed by atoms with Crippen LogP contribution in [0.2, 0.25) is 0 Å². The van der Waals surface area contributed by atoms with Crippen LogP contribution in [0.25, 0.3) is 0 Å². The van der Waals surface area contributed by atoms with Crippen molar-refractivity contribution in [3.05, 3.63) is 53.2 Å². The summed E-state index contributed by atoms with van der Waals surface area (Å²) in [5, 5.41) is 0. The fraction of sp³-hybridized carbons (Fsp3) is 0.231. The van der Waals surface area contributed by atoms with Gasteiger partial charge in [-0.3, -0.25) is 4.79 Å². The summed E-state index contributed by atoms with van der Waals surface area (Å²) in [5.74, 6) is 0.147. The molecular weight excluding hydrogens is 216 g/mol. The molecule has 88 valence electrons. The summed E-state index contributed by atoms with van der Waals surface area (Å²) >= 11 is 0. The molecule has 0 unspecified atom stereocenters. The fourth-order valence-electron chi connectivity index (χ4n) is 1.68. The second kappa shape index (κ2) is 4.82. The molecule has 0 saturated heterocycles. The maximum atomic E-state index is 11.0. The van der Waals surface area contributed by atoms with Crippen LogP contribution in [0.5, 0.6) is 0 Å². The Morgan fingerprint density at radius 3 is 2.59 bits per heavy atom. The maximum absolute atomic E-state index is 11.0. The highest BCUT2D eigenvalue weighted by Crippen LogP contribution is 2.12. The number of primary amides is 1.